The largest absolute Gasteiger partial charge is 0.479 e. The molecule has 8 nitrogen and oxygen atoms in total. The minimum absolute atomic E-state index is 0.229. The van der Waals surface area contributed by atoms with Crippen LogP contribution in [-0.4, -0.2) is 27.7 Å². The van der Waals surface area contributed by atoms with E-state index in [1.807, 2.05) is 35.7 Å². The number of ether oxygens (including phenoxy) is 1. The first-order chi connectivity index (χ1) is 11.2. The first-order valence-corrected chi connectivity index (χ1v) is 7.10. The summed E-state index contributed by atoms with van der Waals surface area (Å²) < 4.78 is 11.9. The number of amides is 2. The summed E-state index contributed by atoms with van der Waals surface area (Å²) in [5, 5.41) is 9.09. The van der Waals surface area contributed by atoms with Crippen molar-refractivity contribution in [1.82, 2.24) is 25.2 Å². The van der Waals surface area contributed by atoms with Crippen LogP contribution < -0.4 is 15.4 Å². The molecule has 0 spiro atoms. The number of hydrogen-bond donors (Lipinski definition) is 2. The molecule has 8 heteroatoms. The van der Waals surface area contributed by atoms with Crippen molar-refractivity contribution in [1.29, 1.82) is 0 Å². The number of carbonyl (C=O) groups excluding carboxylic acids is 1. The molecule has 23 heavy (non-hydrogen) atoms. The third-order valence-electron chi connectivity index (χ3n) is 3.35. The molecule has 3 rings (SSSR count). The molecule has 3 heterocycles. The maximum atomic E-state index is 11.8. The Kier molecular flexibility index (Phi) is 4.13. The van der Waals surface area contributed by atoms with Crippen molar-refractivity contribution >= 4 is 11.7 Å². The number of hydrogen-bond acceptors (Lipinski definition) is 5. The second kappa shape index (κ2) is 6.39. The van der Waals surface area contributed by atoms with E-state index in [-0.39, 0.29) is 12.6 Å². The highest BCUT2D eigenvalue weighted by Gasteiger charge is 2.08. The van der Waals surface area contributed by atoms with Gasteiger partial charge in [0.2, 0.25) is 0 Å². The second-order valence-corrected chi connectivity index (χ2v) is 5.00. The van der Waals surface area contributed by atoms with Gasteiger partial charge in [-0.2, -0.15) is 0 Å². The number of rotatable bonds is 5. The summed E-state index contributed by atoms with van der Waals surface area (Å²) in [7, 11) is 1.50. The van der Waals surface area contributed by atoms with Crippen LogP contribution in [0.4, 0.5) is 4.79 Å². The standard InChI is InChI=1S/C15H17N5O3/c1-10-4-3-5-13-18-11(9-20(10)13)7-16-15(21)17-8-12-6-14(22-2)19-23-12/h3-6,9H,7-8H2,1-2H3,(H2,16,17,21). The van der Waals surface area contributed by atoms with E-state index in [1.165, 1.54) is 7.11 Å². The van der Waals surface area contributed by atoms with Gasteiger partial charge in [0.1, 0.15) is 5.65 Å². The van der Waals surface area contributed by atoms with Gasteiger partial charge in [0.15, 0.2) is 5.76 Å². The van der Waals surface area contributed by atoms with E-state index in [0.717, 1.165) is 17.0 Å². The van der Waals surface area contributed by atoms with E-state index in [4.69, 9.17) is 9.26 Å². The van der Waals surface area contributed by atoms with Gasteiger partial charge in [-0.05, 0) is 24.2 Å². The van der Waals surface area contributed by atoms with Crippen LogP contribution in [0.25, 0.3) is 5.65 Å². The summed E-state index contributed by atoms with van der Waals surface area (Å²) >= 11 is 0. The third-order valence-corrected chi connectivity index (χ3v) is 3.35. The Hall–Kier alpha value is -3.03. The number of pyridine rings is 1. The van der Waals surface area contributed by atoms with Crippen molar-refractivity contribution in [2.75, 3.05) is 7.11 Å². The fourth-order valence-electron chi connectivity index (χ4n) is 2.16. The lowest BCUT2D eigenvalue weighted by Gasteiger charge is -2.04. The SMILES string of the molecule is COc1cc(CNC(=O)NCc2cn3c(C)cccc3n2)on1. The molecule has 0 aliphatic heterocycles. The Morgan fingerprint density at radius 1 is 1.35 bits per heavy atom. The molecule has 0 saturated heterocycles. The average Bonchev–Trinajstić information content (AvgIpc) is 3.18. The molecule has 2 N–H and O–H groups in total. The van der Waals surface area contributed by atoms with Gasteiger partial charge in [-0.1, -0.05) is 6.07 Å². The number of aryl methyl sites for hydroxylation is 1. The van der Waals surface area contributed by atoms with Gasteiger partial charge in [-0.3, -0.25) is 0 Å². The Labute approximate surface area is 132 Å². The minimum Gasteiger partial charge on any atom is -0.479 e. The molecule has 0 aliphatic carbocycles. The molecule has 3 aromatic heterocycles. The number of methoxy groups -OCH3 is 1. The molecule has 3 aromatic rings. The van der Waals surface area contributed by atoms with Crippen LogP contribution in [0.2, 0.25) is 0 Å². The Bertz CT molecular complexity index is 823. The molecule has 0 radical (unpaired) electrons. The molecule has 0 aliphatic rings. The zero-order valence-electron chi connectivity index (χ0n) is 12.9. The highest BCUT2D eigenvalue weighted by Crippen LogP contribution is 2.10. The quantitative estimate of drug-likeness (QED) is 0.746. The minimum atomic E-state index is -0.311. The number of carbonyl (C=O) groups is 1. The van der Waals surface area contributed by atoms with E-state index >= 15 is 0 Å². The van der Waals surface area contributed by atoms with E-state index < -0.39 is 0 Å². The lowest BCUT2D eigenvalue weighted by molar-refractivity contribution is 0.238. The van der Waals surface area contributed by atoms with E-state index in [1.54, 1.807) is 6.07 Å². The molecule has 0 atom stereocenters. The van der Waals surface area contributed by atoms with Crippen LogP contribution in [-0.2, 0) is 13.1 Å². The van der Waals surface area contributed by atoms with Crippen LogP contribution in [0.1, 0.15) is 17.1 Å². The van der Waals surface area contributed by atoms with Crippen molar-refractivity contribution in [2.45, 2.75) is 20.0 Å². The van der Waals surface area contributed by atoms with E-state index in [9.17, 15) is 4.79 Å². The predicted molar refractivity (Wildman–Crippen MR) is 82.1 cm³/mol. The number of fused-ring (bicyclic) bond motifs is 1. The van der Waals surface area contributed by atoms with Gasteiger partial charge in [0, 0.05) is 18.0 Å². The molecule has 0 aromatic carbocycles. The molecular weight excluding hydrogens is 298 g/mol. The lowest BCUT2D eigenvalue weighted by Crippen LogP contribution is -2.34. The molecule has 0 bridgehead atoms. The summed E-state index contributed by atoms with van der Waals surface area (Å²) in [6.45, 7) is 2.57. The molecule has 0 unspecified atom stereocenters. The zero-order chi connectivity index (χ0) is 16.2. The zero-order valence-corrected chi connectivity index (χ0v) is 12.9. The monoisotopic (exact) mass is 315 g/mol. The number of imidazole rings is 1. The number of nitrogens with zero attached hydrogens (tertiary/aromatic N) is 3. The summed E-state index contributed by atoms with van der Waals surface area (Å²) in [5.41, 5.74) is 2.73. The molecule has 0 fully saturated rings. The number of nitrogens with one attached hydrogen (secondary N) is 2. The highest BCUT2D eigenvalue weighted by molar-refractivity contribution is 5.73. The lowest BCUT2D eigenvalue weighted by atomic mass is 10.4. The molecule has 120 valence electrons. The van der Waals surface area contributed by atoms with Gasteiger partial charge in [-0.25, -0.2) is 9.78 Å². The normalized spacial score (nSPS) is 10.7. The van der Waals surface area contributed by atoms with E-state index in [0.29, 0.717) is 18.2 Å². The Balaban J connectivity index is 1.52. The van der Waals surface area contributed by atoms with Gasteiger partial charge in [0.25, 0.3) is 5.88 Å². The number of urea groups is 1. The van der Waals surface area contributed by atoms with Crippen LogP contribution in [0, 0.1) is 6.92 Å². The van der Waals surface area contributed by atoms with Gasteiger partial charge in [-0.15, -0.1) is 0 Å². The van der Waals surface area contributed by atoms with Gasteiger partial charge < -0.3 is 24.3 Å². The average molecular weight is 315 g/mol. The van der Waals surface area contributed by atoms with E-state index in [2.05, 4.69) is 20.8 Å². The molecular formula is C15H17N5O3. The van der Waals surface area contributed by atoms with Gasteiger partial charge in [0.05, 0.1) is 25.9 Å². The topological polar surface area (TPSA) is 93.7 Å². The molecule has 2 amide bonds. The van der Waals surface area contributed by atoms with Crippen molar-refractivity contribution in [3.8, 4) is 5.88 Å². The summed E-state index contributed by atoms with van der Waals surface area (Å²) in [6.07, 6.45) is 1.91. The van der Waals surface area contributed by atoms with Crippen LogP contribution in [0.3, 0.4) is 0 Å². The third kappa shape index (κ3) is 3.42. The van der Waals surface area contributed by atoms with Crippen molar-refractivity contribution in [2.24, 2.45) is 0 Å². The summed E-state index contributed by atoms with van der Waals surface area (Å²) in [6, 6.07) is 7.19. The van der Waals surface area contributed by atoms with Crippen LogP contribution >= 0.6 is 0 Å². The number of aromatic nitrogens is 3. The fraction of sp³-hybridized carbons (Fsp3) is 0.267. The van der Waals surface area contributed by atoms with Gasteiger partial charge >= 0.3 is 6.03 Å². The van der Waals surface area contributed by atoms with Crippen molar-refractivity contribution in [3.05, 3.63) is 47.6 Å². The van der Waals surface area contributed by atoms with Crippen LogP contribution in [0.15, 0.2) is 35.0 Å². The summed E-state index contributed by atoms with van der Waals surface area (Å²) in [4.78, 5) is 16.3. The highest BCUT2D eigenvalue weighted by atomic mass is 16.5. The van der Waals surface area contributed by atoms with Crippen molar-refractivity contribution < 1.29 is 14.1 Å². The maximum absolute atomic E-state index is 11.8. The smallest absolute Gasteiger partial charge is 0.315 e. The Morgan fingerprint density at radius 3 is 2.91 bits per heavy atom. The first kappa shape index (κ1) is 14.9. The Morgan fingerprint density at radius 2 is 2.17 bits per heavy atom. The van der Waals surface area contributed by atoms with Crippen LogP contribution in [0.5, 0.6) is 5.88 Å². The summed E-state index contributed by atoms with van der Waals surface area (Å²) in [5.74, 6) is 0.891. The van der Waals surface area contributed by atoms with Crippen molar-refractivity contribution in [3.63, 3.8) is 0 Å². The first-order valence-electron chi connectivity index (χ1n) is 7.10. The fourth-order valence-corrected chi connectivity index (χ4v) is 2.16. The maximum Gasteiger partial charge on any atom is 0.315 e. The molecule has 0 saturated carbocycles. The second-order valence-electron chi connectivity index (χ2n) is 5.00. The predicted octanol–water partition coefficient (Wildman–Crippen LogP) is 1.64.